The van der Waals surface area contributed by atoms with Crippen LogP contribution in [0.5, 0.6) is 5.88 Å². The van der Waals surface area contributed by atoms with Crippen LogP contribution in [-0.2, 0) is 11.2 Å². The molecule has 0 saturated heterocycles. The second-order valence-corrected chi connectivity index (χ2v) is 4.44. The average molecular weight is 288 g/mol. The van der Waals surface area contributed by atoms with Gasteiger partial charge in [-0.1, -0.05) is 30.3 Å². The van der Waals surface area contributed by atoms with Crippen molar-refractivity contribution in [1.82, 2.24) is 9.97 Å². The van der Waals surface area contributed by atoms with E-state index >= 15 is 0 Å². The lowest BCUT2D eigenvalue weighted by Gasteiger charge is -2.11. The van der Waals surface area contributed by atoms with Crippen molar-refractivity contribution in [2.45, 2.75) is 6.42 Å². The molecule has 0 aliphatic rings. The molecule has 6 nitrogen and oxygen atoms in total. The maximum Gasteiger partial charge on any atom is 0.242 e. The van der Waals surface area contributed by atoms with Gasteiger partial charge in [0, 0.05) is 13.7 Å². The van der Waals surface area contributed by atoms with Crippen LogP contribution in [0.2, 0.25) is 0 Å². The summed E-state index contributed by atoms with van der Waals surface area (Å²) >= 11 is 0. The van der Waals surface area contributed by atoms with Crippen molar-refractivity contribution in [3.8, 4) is 5.88 Å². The number of hydrogen-bond acceptors (Lipinski definition) is 6. The highest BCUT2D eigenvalue weighted by molar-refractivity contribution is 5.66. The van der Waals surface area contributed by atoms with Gasteiger partial charge in [0.15, 0.2) is 5.82 Å². The molecule has 0 atom stereocenters. The SMILES string of the molecule is COCCOc1ncnc(NCCc2ccccc2)c1N. The van der Waals surface area contributed by atoms with Gasteiger partial charge < -0.3 is 20.5 Å². The van der Waals surface area contributed by atoms with Gasteiger partial charge in [0.25, 0.3) is 0 Å². The molecule has 0 unspecified atom stereocenters. The molecular formula is C15H20N4O2. The zero-order chi connectivity index (χ0) is 14.9. The second kappa shape index (κ2) is 8.06. The normalized spacial score (nSPS) is 10.3. The molecule has 0 aliphatic heterocycles. The molecule has 0 aliphatic carbocycles. The molecular weight excluding hydrogens is 268 g/mol. The van der Waals surface area contributed by atoms with Crippen molar-refractivity contribution in [3.05, 3.63) is 42.2 Å². The molecule has 1 aromatic heterocycles. The molecule has 21 heavy (non-hydrogen) atoms. The van der Waals surface area contributed by atoms with Crippen LogP contribution in [0.1, 0.15) is 5.56 Å². The third-order valence-electron chi connectivity index (χ3n) is 2.92. The Morgan fingerprint density at radius 2 is 1.95 bits per heavy atom. The Balaban J connectivity index is 1.89. The Kier molecular flexibility index (Phi) is 5.78. The van der Waals surface area contributed by atoms with Crippen LogP contribution < -0.4 is 15.8 Å². The summed E-state index contributed by atoms with van der Waals surface area (Å²) in [6.45, 7) is 1.63. The van der Waals surface area contributed by atoms with E-state index in [1.807, 2.05) is 18.2 Å². The molecule has 3 N–H and O–H groups in total. The van der Waals surface area contributed by atoms with E-state index in [0.717, 1.165) is 13.0 Å². The number of aromatic nitrogens is 2. The first-order valence-corrected chi connectivity index (χ1v) is 6.81. The van der Waals surface area contributed by atoms with Crippen molar-refractivity contribution in [1.29, 1.82) is 0 Å². The van der Waals surface area contributed by atoms with E-state index in [0.29, 0.717) is 30.6 Å². The first-order valence-electron chi connectivity index (χ1n) is 6.81. The number of nitrogens with zero attached hydrogens (tertiary/aromatic N) is 2. The van der Waals surface area contributed by atoms with E-state index in [9.17, 15) is 0 Å². The number of nitrogen functional groups attached to an aromatic ring is 1. The van der Waals surface area contributed by atoms with Crippen molar-refractivity contribution in [2.24, 2.45) is 0 Å². The standard InChI is InChI=1S/C15H20N4O2/c1-20-9-10-21-15-13(16)14(18-11-19-15)17-8-7-12-5-3-2-4-6-12/h2-6,11H,7-10,16H2,1H3,(H,17,18,19). The van der Waals surface area contributed by atoms with Gasteiger partial charge in [-0.15, -0.1) is 0 Å². The third kappa shape index (κ3) is 4.61. The maximum absolute atomic E-state index is 5.99. The van der Waals surface area contributed by atoms with Crippen molar-refractivity contribution >= 4 is 11.5 Å². The summed E-state index contributed by atoms with van der Waals surface area (Å²) in [6.07, 6.45) is 2.33. The van der Waals surface area contributed by atoms with Gasteiger partial charge in [-0.3, -0.25) is 0 Å². The first-order chi connectivity index (χ1) is 10.3. The monoisotopic (exact) mass is 288 g/mol. The smallest absolute Gasteiger partial charge is 0.242 e. The number of nitrogens with two attached hydrogens (primary N) is 1. The maximum atomic E-state index is 5.99. The minimum atomic E-state index is 0.379. The number of hydrogen-bond donors (Lipinski definition) is 2. The highest BCUT2D eigenvalue weighted by Crippen LogP contribution is 2.24. The number of nitrogens with one attached hydrogen (secondary N) is 1. The summed E-state index contributed by atoms with van der Waals surface area (Å²) in [5, 5.41) is 3.20. The Morgan fingerprint density at radius 3 is 2.71 bits per heavy atom. The number of benzene rings is 1. The Hall–Kier alpha value is -2.34. The lowest BCUT2D eigenvalue weighted by Crippen LogP contribution is -2.12. The van der Waals surface area contributed by atoms with Gasteiger partial charge in [0.1, 0.15) is 18.6 Å². The molecule has 6 heteroatoms. The first kappa shape index (κ1) is 15.1. The molecule has 0 spiro atoms. The van der Waals surface area contributed by atoms with Crippen LogP contribution in [-0.4, -0.2) is 36.8 Å². The van der Waals surface area contributed by atoms with E-state index in [4.69, 9.17) is 15.2 Å². The largest absolute Gasteiger partial charge is 0.474 e. The van der Waals surface area contributed by atoms with Crippen molar-refractivity contribution in [2.75, 3.05) is 37.9 Å². The second-order valence-electron chi connectivity index (χ2n) is 4.44. The minimum absolute atomic E-state index is 0.379. The fraction of sp³-hybridized carbons (Fsp3) is 0.333. The van der Waals surface area contributed by atoms with E-state index in [-0.39, 0.29) is 0 Å². The van der Waals surface area contributed by atoms with Crippen LogP contribution in [0.15, 0.2) is 36.7 Å². The average Bonchev–Trinajstić information content (AvgIpc) is 2.52. The minimum Gasteiger partial charge on any atom is -0.474 e. The number of rotatable bonds is 8. The van der Waals surface area contributed by atoms with Crippen LogP contribution in [0.3, 0.4) is 0 Å². The molecule has 0 fully saturated rings. The lowest BCUT2D eigenvalue weighted by molar-refractivity contribution is 0.144. The highest BCUT2D eigenvalue weighted by atomic mass is 16.5. The van der Waals surface area contributed by atoms with E-state index < -0.39 is 0 Å². The van der Waals surface area contributed by atoms with Crippen LogP contribution in [0.25, 0.3) is 0 Å². The van der Waals surface area contributed by atoms with Crippen molar-refractivity contribution in [3.63, 3.8) is 0 Å². The van der Waals surface area contributed by atoms with Gasteiger partial charge >= 0.3 is 0 Å². The van der Waals surface area contributed by atoms with Crippen LogP contribution in [0, 0.1) is 0 Å². The zero-order valence-corrected chi connectivity index (χ0v) is 12.1. The summed E-state index contributed by atoms with van der Waals surface area (Å²) in [5.74, 6) is 0.970. The lowest BCUT2D eigenvalue weighted by atomic mass is 10.1. The molecule has 0 radical (unpaired) electrons. The molecule has 1 heterocycles. The summed E-state index contributed by atoms with van der Waals surface area (Å²) in [4.78, 5) is 8.16. The summed E-state index contributed by atoms with van der Waals surface area (Å²) in [5.41, 5.74) is 7.67. The fourth-order valence-corrected chi connectivity index (χ4v) is 1.83. The molecule has 0 amide bonds. The van der Waals surface area contributed by atoms with E-state index in [1.165, 1.54) is 11.9 Å². The Bertz CT molecular complexity index is 549. The van der Waals surface area contributed by atoms with Gasteiger partial charge in [-0.25, -0.2) is 4.98 Å². The molecule has 2 aromatic rings. The quantitative estimate of drug-likeness (QED) is 0.720. The number of anilines is 2. The van der Waals surface area contributed by atoms with Crippen LogP contribution >= 0.6 is 0 Å². The summed E-state index contributed by atoms with van der Waals surface area (Å²) in [7, 11) is 1.61. The van der Waals surface area contributed by atoms with E-state index in [2.05, 4.69) is 27.4 Å². The molecule has 0 bridgehead atoms. The van der Waals surface area contributed by atoms with Crippen molar-refractivity contribution < 1.29 is 9.47 Å². The topological polar surface area (TPSA) is 82.3 Å². The van der Waals surface area contributed by atoms with E-state index in [1.54, 1.807) is 7.11 Å². The highest BCUT2D eigenvalue weighted by Gasteiger charge is 2.08. The molecule has 2 rings (SSSR count). The van der Waals surface area contributed by atoms with Gasteiger partial charge in [-0.2, -0.15) is 4.98 Å². The van der Waals surface area contributed by atoms with Crippen LogP contribution in [0.4, 0.5) is 11.5 Å². The summed E-state index contributed by atoms with van der Waals surface area (Å²) in [6, 6.07) is 10.2. The molecule has 1 aromatic carbocycles. The van der Waals surface area contributed by atoms with Gasteiger partial charge in [0.05, 0.1) is 6.61 Å². The predicted octanol–water partition coefficient (Wildman–Crippen LogP) is 1.74. The zero-order valence-electron chi connectivity index (χ0n) is 12.1. The number of ether oxygens (including phenoxy) is 2. The van der Waals surface area contributed by atoms with Gasteiger partial charge in [0.2, 0.25) is 5.88 Å². The summed E-state index contributed by atoms with van der Waals surface area (Å²) < 4.78 is 10.4. The molecule has 0 saturated carbocycles. The predicted molar refractivity (Wildman–Crippen MR) is 82.5 cm³/mol. The Morgan fingerprint density at radius 1 is 1.14 bits per heavy atom. The molecule has 112 valence electrons. The fourth-order valence-electron chi connectivity index (χ4n) is 1.83. The number of methoxy groups -OCH3 is 1. The third-order valence-corrected chi connectivity index (χ3v) is 2.92. The Labute approximate surface area is 124 Å². The van der Waals surface area contributed by atoms with Gasteiger partial charge in [-0.05, 0) is 12.0 Å².